The summed E-state index contributed by atoms with van der Waals surface area (Å²) in [7, 11) is 0. The summed E-state index contributed by atoms with van der Waals surface area (Å²) in [6, 6.07) is 9.71. The number of carbonyl (C=O) groups excluding carboxylic acids is 2. The number of hydrogen-bond acceptors (Lipinski definition) is 4. The quantitative estimate of drug-likeness (QED) is 0.742. The smallest absolute Gasteiger partial charge is 0.312 e. The van der Waals surface area contributed by atoms with E-state index in [1.54, 1.807) is 4.90 Å². The Morgan fingerprint density at radius 3 is 2.50 bits per heavy atom. The van der Waals surface area contributed by atoms with Gasteiger partial charge in [0.25, 0.3) is 0 Å². The molecule has 0 bridgehead atoms. The van der Waals surface area contributed by atoms with Gasteiger partial charge >= 0.3 is 11.8 Å². The van der Waals surface area contributed by atoms with E-state index in [0.717, 1.165) is 38.3 Å². The normalized spacial score (nSPS) is 15.3. The summed E-state index contributed by atoms with van der Waals surface area (Å²) in [5, 5.41) is 6.05. The van der Waals surface area contributed by atoms with Gasteiger partial charge in [-0.15, -0.1) is 0 Å². The highest BCUT2D eigenvalue weighted by molar-refractivity contribution is 6.35. The van der Waals surface area contributed by atoms with Crippen molar-refractivity contribution in [3.05, 3.63) is 35.9 Å². The van der Waals surface area contributed by atoms with E-state index in [4.69, 9.17) is 0 Å². The Bertz CT molecular complexity index is 527. The van der Waals surface area contributed by atoms with Crippen LogP contribution in [-0.2, 0) is 16.1 Å². The molecule has 0 atom stereocenters. The lowest BCUT2D eigenvalue weighted by Crippen LogP contribution is -2.49. The predicted molar refractivity (Wildman–Crippen MR) is 94.4 cm³/mol. The van der Waals surface area contributed by atoms with Gasteiger partial charge in [-0.05, 0) is 19.4 Å². The van der Waals surface area contributed by atoms with Gasteiger partial charge in [0.05, 0.1) is 0 Å². The van der Waals surface area contributed by atoms with E-state index in [2.05, 4.69) is 15.5 Å². The van der Waals surface area contributed by atoms with Gasteiger partial charge in [0.2, 0.25) is 0 Å². The van der Waals surface area contributed by atoms with Crippen molar-refractivity contribution in [1.29, 1.82) is 0 Å². The number of benzene rings is 1. The predicted octanol–water partition coefficient (Wildman–Crippen LogP) is 0.445. The van der Waals surface area contributed by atoms with E-state index < -0.39 is 11.8 Å². The third-order valence-corrected chi connectivity index (χ3v) is 4.20. The van der Waals surface area contributed by atoms with Crippen LogP contribution in [0.25, 0.3) is 0 Å². The van der Waals surface area contributed by atoms with E-state index in [-0.39, 0.29) is 6.04 Å². The van der Waals surface area contributed by atoms with Crippen LogP contribution in [0, 0.1) is 0 Å². The van der Waals surface area contributed by atoms with Gasteiger partial charge in [0.1, 0.15) is 0 Å². The molecule has 2 amide bonds. The number of hydrogen-bond donors (Lipinski definition) is 2. The number of nitrogens with one attached hydrogen (secondary N) is 2. The lowest BCUT2D eigenvalue weighted by molar-refractivity contribution is -0.147. The summed E-state index contributed by atoms with van der Waals surface area (Å²) in [5.41, 5.74) is 1.02. The molecule has 1 aliphatic heterocycles. The zero-order valence-corrected chi connectivity index (χ0v) is 14.6. The summed E-state index contributed by atoms with van der Waals surface area (Å²) >= 11 is 0. The van der Waals surface area contributed by atoms with Gasteiger partial charge in [-0.25, -0.2) is 0 Å². The molecule has 1 heterocycles. The van der Waals surface area contributed by atoms with Crippen molar-refractivity contribution in [2.45, 2.75) is 26.4 Å². The highest BCUT2D eigenvalue weighted by atomic mass is 16.2. The molecule has 0 unspecified atom stereocenters. The number of carbonyl (C=O) groups is 2. The Hall–Kier alpha value is -1.92. The van der Waals surface area contributed by atoms with Crippen molar-refractivity contribution in [2.75, 3.05) is 39.3 Å². The van der Waals surface area contributed by atoms with Crippen LogP contribution in [0.1, 0.15) is 19.4 Å². The van der Waals surface area contributed by atoms with Crippen molar-refractivity contribution >= 4 is 11.8 Å². The van der Waals surface area contributed by atoms with Crippen LogP contribution in [-0.4, -0.2) is 66.9 Å². The summed E-state index contributed by atoms with van der Waals surface area (Å²) in [4.78, 5) is 28.5. The second kappa shape index (κ2) is 9.39. The monoisotopic (exact) mass is 332 g/mol. The fraction of sp³-hybridized carbons (Fsp3) is 0.556. The maximum atomic E-state index is 12.5. The molecule has 1 aromatic carbocycles. The van der Waals surface area contributed by atoms with Gasteiger partial charge in [0.15, 0.2) is 0 Å². The second-order valence-corrected chi connectivity index (χ2v) is 6.36. The molecule has 1 aliphatic rings. The molecule has 0 radical (unpaired) electrons. The van der Waals surface area contributed by atoms with E-state index in [1.807, 2.05) is 44.2 Å². The van der Waals surface area contributed by atoms with Crippen LogP contribution >= 0.6 is 0 Å². The van der Waals surface area contributed by atoms with Crippen molar-refractivity contribution in [2.24, 2.45) is 0 Å². The van der Waals surface area contributed by atoms with Crippen LogP contribution in [0.2, 0.25) is 0 Å². The fourth-order valence-corrected chi connectivity index (χ4v) is 2.74. The van der Waals surface area contributed by atoms with E-state index >= 15 is 0 Å². The molecule has 0 aromatic heterocycles. The molecule has 0 spiro atoms. The Morgan fingerprint density at radius 1 is 1.21 bits per heavy atom. The molecule has 6 heteroatoms. The van der Waals surface area contributed by atoms with Crippen molar-refractivity contribution < 1.29 is 9.59 Å². The average molecular weight is 332 g/mol. The Kier molecular flexibility index (Phi) is 7.21. The first-order valence-corrected chi connectivity index (χ1v) is 8.63. The largest absolute Gasteiger partial charge is 0.347 e. The molecule has 1 saturated heterocycles. The van der Waals surface area contributed by atoms with Crippen LogP contribution < -0.4 is 10.6 Å². The van der Waals surface area contributed by atoms with Crippen LogP contribution in [0.15, 0.2) is 30.3 Å². The van der Waals surface area contributed by atoms with Gasteiger partial charge in [0, 0.05) is 51.9 Å². The molecule has 24 heavy (non-hydrogen) atoms. The Balaban J connectivity index is 1.83. The Morgan fingerprint density at radius 2 is 1.88 bits per heavy atom. The van der Waals surface area contributed by atoms with Gasteiger partial charge < -0.3 is 15.5 Å². The lowest BCUT2D eigenvalue weighted by Gasteiger charge is -2.28. The van der Waals surface area contributed by atoms with Crippen LogP contribution in [0.3, 0.4) is 0 Å². The zero-order chi connectivity index (χ0) is 17.4. The number of piperazine rings is 1. The van der Waals surface area contributed by atoms with Gasteiger partial charge in [-0.2, -0.15) is 0 Å². The molecular formula is C18H28N4O2. The highest BCUT2D eigenvalue weighted by Crippen LogP contribution is 2.08. The van der Waals surface area contributed by atoms with Crippen molar-refractivity contribution in [3.63, 3.8) is 0 Å². The molecule has 1 fully saturated rings. The molecule has 6 nitrogen and oxygen atoms in total. The minimum atomic E-state index is -0.519. The SMILES string of the molecule is CC(C)N(Cc1ccccc1)C(=O)C(=O)NCCN1CCNCC1. The van der Waals surface area contributed by atoms with E-state index in [9.17, 15) is 9.59 Å². The second-order valence-electron chi connectivity index (χ2n) is 6.36. The van der Waals surface area contributed by atoms with Gasteiger partial charge in [-0.3, -0.25) is 14.5 Å². The molecule has 0 aliphatic carbocycles. The topological polar surface area (TPSA) is 64.7 Å². The average Bonchev–Trinajstić information content (AvgIpc) is 2.60. The molecule has 0 saturated carbocycles. The minimum absolute atomic E-state index is 0.0309. The lowest BCUT2D eigenvalue weighted by atomic mass is 10.2. The molecule has 132 valence electrons. The number of nitrogens with zero attached hydrogens (tertiary/aromatic N) is 2. The van der Waals surface area contributed by atoms with Crippen LogP contribution in [0.5, 0.6) is 0 Å². The summed E-state index contributed by atoms with van der Waals surface area (Å²) in [6.07, 6.45) is 0. The number of amides is 2. The van der Waals surface area contributed by atoms with Crippen LogP contribution in [0.4, 0.5) is 0 Å². The highest BCUT2D eigenvalue weighted by Gasteiger charge is 2.24. The summed E-state index contributed by atoms with van der Waals surface area (Å²) < 4.78 is 0. The Labute approximate surface area is 144 Å². The third kappa shape index (κ3) is 5.62. The summed E-state index contributed by atoms with van der Waals surface area (Å²) in [5.74, 6) is -0.982. The fourth-order valence-electron chi connectivity index (χ4n) is 2.74. The maximum Gasteiger partial charge on any atom is 0.312 e. The molecule has 2 N–H and O–H groups in total. The number of rotatable bonds is 6. The summed E-state index contributed by atoms with van der Waals surface area (Å²) in [6.45, 7) is 9.50. The maximum absolute atomic E-state index is 12.5. The zero-order valence-electron chi connectivity index (χ0n) is 14.6. The first-order valence-electron chi connectivity index (χ1n) is 8.63. The first-order chi connectivity index (χ1) is 11.6. The minimum Gasteiger partial charge on any atom is -0.347 e. The molecule has 2 rings (SSSR count). The van der Waals surface area contributed by atoms with Gasteiger partial charge in [-0.1, -0.05) is 30.3 Å². The van der Waals surface area contributed by atoms with E-state index in [0.29, 0.717) is 13.1 Å². The van der Waals surface area contributed by atoms with E-state index in [1.165, 1.54) is 0 Å². The third-order valence-electron chi connectivity index (χ3n) is 4.20. The van der Waals surface area contributed by atoms with Crippen molar-refractivity contribution in [1.82, 2.24) is 20.4 Å². The standard InChI is InChI=1S/C18H28N4O2/c1-15(2)22(14-16-6-4-3-5-7-16)18(24)17(23)20-10-13-21-11-8-19-9-12-21/h3-7,15,19H,8-14H2,1-2H3,(H,20,23). The molecule has 1 aromatic rings. The van der Waals surface area contributed by atoms with Crippen molar-refractivity contribution in [3.8, 4) is 0 Å². The first kappa shape index (κ1) is 18.4. The molecular weight excluding hydrogens is 304 g/mol.